The Morgan fingerprint density at radius 3 is 2.80 bits per heavy atom. The Kier molecular flexibility index (Phi) is 6.10. The van der Waals surface area contributed by atoms with E-state index >= 15 is 0 Å². The van der Waals surface area contributed by atoms with Gasteiger partial charge in [0.05, 0.1) is 24.1 Å². The Morgan fingerprint density at radius 1 is 1.20 bits per heavy atom. The number of piperidine rings is 2. The highest BCUT2D eigenvalue weighted by Gasteiger charge is 2.39. The summed E-state index contributed by atoms with van der Waals surface area (Å²) in [6, 6.07) is 4.64. The van der Waals surface area contributed by atoms with Gasteiger partial charge in [0.1, 0.15) is 6.04 Å². The lowest BCUT2D eigenvalue weighted by Gasteiger charge is -2.33. The van der Waals surface area contributed by atoms with Crippen molar-refractivity contribution in [2.75, 3.05) is 13.1 Å². The van der Waals surface area contributed by atoms with E-state index in [4.69, 9.17) is 4.74 Å². The molecule has 0 saturated carbocycles. The molecule has 2 aromatic rings. The first-order chi connectivity index (χ1) is 16.8. The minimum Gasteiger partial charge on any atom is -0.374 e. The number of likely N-dealkylation sites (tertiary alicyclic amines) is 1. The smallest absolute Gasteiger partial charge is 0.276 e. The monoisotopic (exact) mass is 480 g/mol. The summed E-state index contributed by atoms with van der Waals surface area (Å²) >= 11 is 0. The van der Waals surface area contributed by atoms with E-state index in [1.807, 2.05) is 19.9 Å². The van der Waals surface area contributed by atoms with Crippen LogP contribution in [-0.4, -0.2) is 79.8 Å². The first-order valence-electron chi connectivity index (χ1n) is 11.9. The molecule has 2 unspecified atom stereocenters. The van der Waals surface area contributed by atoms with Gasteiger partial charge < -0.3 is 14.5 Å². The number of carbonyl (C=O) groups is 4. The van der Waals surface area contributed by atoms with Crippen molar-refractivity contribution in [3.8, 4) is 5.69 Å². The summed E-state index contributed by atoms with van der Waals surface area (Å²) in [6.45, 7) is 5.44. The fourth-order valence-electron chi connectivity index (χ4n) is 4.95. The Labute approximate surface area is 202 Å². The Bertz CT molecular complexity index is 1190. The minimum absolute atomic E-state index is 0.0118. The van der Waals surface area contributed by atoms with Crippen molar-refractivity contribution < 1.29 is 23.9 Å². The molecule has 3 aliphatic heterocycles. The predicted molar refractivity (Wildman–Crippen MR) is 123 cm³/mol. The third-order valence-corrected chi connectivity index (χ3v) is 6.62. The number of amides is 4. The molecule has 0 radical (unpaired) electrons. The highest BCUT2D eigenvalue weighted by molar-refractivity contribution is 6.05. The third kappa shape index (κ3) is 4.55. The second-order valence-corrected chi connectivity index (χ2v) is 9.49. The molecule has 11 nitrogen and oxygen atoms in total. The second-order valence-electron chi connectivity index (χ2n) is 9.49. The van der Waals surface area contributed by atoms with Crippen LogP contribution in [0.4, 0.5) is 0 Å². The van der Waals surface area contributed by atoms with Crippen LogP contribution in [0.1, 0.15) is 65.9 Å². The number of imide groups is 1. The molecule has 1 N–H and O–H groups in total. The number of benzene rings is 1. The Morgan fingerprint density at radius 2 is 2.03 bits per heavy atom. The van der Waals surface area contributed by atoms with Gasteiger partial charge in [-0.05, 0) is 50.8 Å². The van der Waals surface area contributed by atoms with Crippen molar-refractivity contribution in [2.24, 2.45) is 0 Å². The van der Waals surface area contributed by atoms with Crippen molar-refractivity contribution in [1.29, 1.82) is 0 Å². The van der Waals surface area contributed by atoms with Gasteiger partial charge in [-0.25, -0.2) is 4.68 Å². The van der Waals surface area contributed by atoms with E-state index in [1.54, 1.807) is 23.2 Å². The molecule has 0 spiro atoms. The average molecular weight is 481 g/mol. The van der Waals surface area contributed by atoms with Crippen molar-refractivity contribution in [2.45, 2.75) is 64.3 Å². The number of carbonyl (C=O) groups excluding carboxylic acids is 4. The van der Waals surface area contributed by atoms with Gasteiger partial charge in [-0.1, -0.05) is 11.3 Å². The molecule has 184 valence electrons. The summed E-state index contributed by atoms with van der Waals surface area (Å²) < 4.78 is 7.36. The Balaban J connectivity index is 1.30. The van der Waals surface area contributed by atoms with Crippen LogP contribution in [0.2, 0.25) is 0 Å². The van der Waals surface area contributed by atoms with Crippen LogP contribution in [0.3, 0.4) is 0 Å². The van der Waals surface area contributed by atoms with Crippen LogP contribution < -0.4 is 5.32 Å². The van der Waals surface area contributed by atoms with E-state index in [0.29, 0.717) is 37.3 Å². The van der Waals surface area contributed by atoms with Gasteiger partial charge >= 0.3 is 0 Å². The minimum atomic E-state index is -0.667. The molecule has 35 heavy (non-hydrogen) atoms. The lowest BCUT2D eigenvalue weighted by atomic mass is 10.0. The maximum Gasteiger partial charge on any atom is 0.276 e. The van der Waals surface area contributed by atoms with Gasteiger partial charge in [-0.2, -0.15) is 0 Å². The van der Waals surface area contributed by atoms with Crippen molar-refractivity contribution in [1.82, 2.24) is 30.1 Å². The van der Waals surface area contributed by atoms with Crippen LogP contribution in [-0.2, 0) is 20.9 Å². The Hall–Kier alpha value is -3.60. The zero-order valence-corrected chi connectivity index (χ0v) is 19.8. The molecule has 2 atom stereocenters. The van der Waals surface area contributed by atoms with Crippen molar-refractivity contribution in [3.63, 3.8) is 0 Å². The summed E-state index contributed by atoms with van der Waals surface area (Å²) in [5.41, 5.74) is 2.09. The van der Waals surface area contributed by atoms with Gasteiger partial charge in [0.2, 0.25) is 11.8 Å². The maximum absolute atomic E-state index is 13.1. The average Bonchev–Trinajstić information content (AvgIpc) is 3.44. The summed E-state index contributed by atoms with van der Waals surface area (Å²) in [5, 5.41) is 10.5. The van der Waals surface area contributed by atoms with E-state index in [-0.39, 0.29) is 42.0 Å². The van der Waals surface area contributed by atoms with Crippen LogP contribution in [0.25, 0.3) is 5.69 Å². The third-order valence-electron chi connectivity index (χ3n) is 6.62. The van der Waals surface area contributed by atoms with Crippen LogP contribution in [0.5, 0.6) is 0 Å². The lowest BCUT2D eigenvalue weighted by molar-refractivity contribution is -0.136. The number of nitrogens with one attached hydrogen (secondary N) is 1. The maximum atomic E-state index is 13.1. The number of hydrogen-bond donors (Lipinski definition) is 1. The highest BCUT2D eigenvalue weighted by atomic mass is 16.5. The summed E-state index contributed by atoms with van der Waals surface area (Å²) in [5.74, 6) is -1.23. The van der Waals surface area contributed by atoms with E-state index in [2.05, 4.69) is 15.6 Å². The molecule has 3 aliphatic rings. The molecule has 0 aliphatic carbocycles. The van der Waals surface area contributed by atoms with Gasteiger partial charge in [0.25, 0.3) is 11.8 Å². The summed E-state index contributed by atoms with van der Waals surface area (Å²) in [4.78, 5) is 53.1. The number of ether oxygens (including phenoxy) is 1. The van der Waals surface area contributed by atoms with E-state index in [1.165, 1.54) is 9.58 Å². The van der Waals surface area contributed by atoms with Gasteiger partial charge in [-0.15, -0.1) is 5.10 Å². The van der Waals surface area contributed by atoms with Crippen LogP contribution >= 0.6 is 0 Å². The number of rotatable bonds is 5. The molecule has 2 saturated heterocycles. The fourth-order valence-corrected chi connectivity index (χ4v) is 4.95. The molecular weight excluding hydrogens is 452 g/mol. The molecular formula is C24H28N6O5. The standard InChI is InChI=1S/C24H28N6O5/c1-14(2)35-17-4-3-9-28(12-17)24(34)19-13-30(27-26-19)16-6-5-15-11-29(23(33)18(15)10-16)20-7-8-21(31)25-22(20)32/h5-6,10,13-14,17,20H,3-4,7-9,11-12H2,1-2H3,(H,25,31,32). The van der Waals surface area contributed by atoms with Crippen molar-refractivity contribution >= 4 is 23.6 Å². The first-order valence-corrected chi connectivity index (χ1v) is 11.9. The van der Waals surface area contributed by atoms with Crippen molar-refractivity contribution in [3.05, 3.63) is 41.2 Å². The van der Waals surface area contributed by atoms with Crippen LogP contribution in [0.15, 0.2) is 24.4 Å². The fraction of sp³-hybridized carbons (Fsp3) is 0.500. The SMILES string of the molecule is CC(C)OC1CCCN(C(=O)c2cn(-c3ccc4c(c3)C(=O)N(C3CCC(=O)NC3=O)C4)nn2)C1. The molecule has 5 rings (SSSR count). The first kappa shape index (κ1) is 23.2. The molecule has 4 amide bonds. The highest BCUT2D eigenvalue weighted by Crippen LogP contribution is 2.29. The molecule has 1 aromatic heterocycles. The summed E-state index contributed by atoms with van der Waals surface area (Å²) in [7, 11) is 0. The largest absolute Gasteiger partial charge is 0.374 e. The molecule has 1 aromatic carbocycles. The molecule has 11 heteroatoms. The predicted octanol–water partition coefficient (Wildman–Crippen LogP) is 1.06. The quantitative estimate of drug-likeness (QED) is 0.634. The summed E-state index contributed by atoms with van der Waals surface area (Å²) in [6.07, 6.45) is 3.99. The van der Waals surface area contributed by atoms with Gasteiger partial charge in [0, 0.05) is 31.6 Å². The number of aromatic nitrogens is 3. The topological polar surface area (TPSA) is 127 Å². The number of fused-ring (bicyclic) bond motifs is 1. The van der Waals surface area contributed by atoms with E-state index in [0.717, 1.165) is 18.4 Å². The zero-order valence-electron chi connectivity index (χ0n) is 19.8. The normalized spacial score (nSPS) is 22.5. The van der Waals surface area contributed by atoms with Gasteiger partial charge in [-0.3, -0.25) is 24.5 Å². The van der Waals surface area contributed by atoms with Gasteiger partial charge in [0.15, 0.2) is 5.69 Å². The second kappa shape index (κ2) is 9.21. The molecule has 0 bridgehead atoms. The number of hydrogen-bond acceptors (Lipinski definition) is 7. The molecule has 4 heterocycles. The molecule has 2 fully saturated rings. The van der Waals surface area contributed by atoms with Crippen LogP contribution in [0, 0.1) is 0 Å². The lowest BCUT2D eigenvalue weighted by Crippen LogP contribution is -2.52. The number of nitrogens with zero attached hydrogens (tertiary/aromatic N) is 5. The zero-order chi connectivity index (χ0) is 24.7. The van der Waals surface area contributed by atoms with E-state index in [9.17, 15) is 19.2 Å². The van der Waals surface area contributed by atoms with E-state index < -0.39 is 11.9 Å².